The Balaban J connectivity index is 2.35. The monoisotopic (exact) mass is 258 g/mol. The van der Waals surface area contributed by atoms with Crippen LogP contribution in [0.2, 0.25) is 0 Å². The Bertz CT molecular complexity index is 530. The van der Waals surface area contributed by atoms with Crippen LogP contribution >= 0.6 is 0 Å². The third-order valence-electron chi connectivity index (χ3n) is 2.99. The van der Waals surface area contributed by atoms with Crippen molar-refractivity contribution in [3.8, 4) is 0 Å². The molecule has 1 aromatic rings. The molecule has 2 rings (SSSR count). The van der Waals surface area contributed by atoms with Crippen molar-refractivity contribution in [3.63, 3.8) is 0 Å². The van der Waals surface area contributed by atoms with Gasteiger partial charge in [0.05, 0.1) is 4.90 Å². The van der Waals surface area contributed by atoms with E-state index in [-0.39, 0.29) is 23.0 Å². The summed E-state index contributed by atoms with van der Waals surface area (Å²) in [5.41, 5.74) is 5.43. The highest BCUT2D eigenvalue weighted by Gasteiger charge is 2.37. The number of nitrogens with two attached hydrogens (primary N) is 1. The Morgan fingerprint density at radius 1 is 1.53 bits per heavy atom. The second kappa shape index (κ2) is 4.36. The number of rotatable bonds is 4. The molecule has 0 aromatic heterocycles. The minimum Gasteiger partial charge on any atom is -0.326 e. The molecule has 0 aliphatic heterocycles. The summed E-state index contributed by atoms with van der Waals surface area (Å²) in [6.07, 6.45) is 0.826. The average Bonchev–Trinajstić information content (AvgIpc) is 2.92. The van der Waals surface area contributed by atoms with E-state index in [0.29, 0.717) is 5.92 Å². The van der Waals surface area contributed by atoms with Gasteiger partial charge in [-0.1, -0.05) is 13.0 Å². The second-order valence-corrected chi connectivity index (χ2v) is 6.04. The van der Waals surface area contributed by atoms with Crippen LogP contribution in [-0.2, 0) is 16.6 Å². The first kappa shape index (κ1) is 12.5. The number of nitrogens with one attached hydrogen (secondary N) is 1. The van der Waals surface area contributed by atoms with Gasteiger partial charge in [-0.15, -0.1) is 0 Å². The highest BCUT2D eigenvalue weighted by molar-refractivity contribution is 7.89. The summed E-state index contributed by atoms with van der Waals surface area (Å²) in [7, 11) is -3.67. The first-order valence-corrected chi connectivity index (χ1v) is 6.94. The molecule has 3 N–H and O–H groups in total. The summed E-state index contributed by atoms with van der Waals surface area (Å²) < 4.78 is 40.0. The van der Waals surface area contributed by atoms with Crippen LogP contribution in [0.25, 0.3) is 0 Å². The smallest absolute Gasteiger partial charge is 0.241 e. The fourth-order valence-corrected chi connectivity index (χ4v) is 3.35. The van der Waals surface area contributed by atoms with Crippen molar-refractivity contribution in [1.82, 2.24) is 4.72 Å². The number of hydrogen-bond donors (Lipinski definition) is 2. The van der Waals surface area contributed by atoms with Gasteiger partial charge < -0.3 is 5.73 Å². The van der Waals surface area contributed by atoms with Gasteiger partial charge in [-0.2, -0.15) is 0 Å². The minimum absolute atomic E-state index is 0.0334. The van der Waals surface area contributed by atoms with E-state index >= 15 is 0 Å². The lowest BCUT2D eigenvalue weighted by molar-refractivity contribution is 0.569. The first-order valence-electron chi connectivity index (χ1n) is 5.45. The molecular formula is C11H15FN2O2S. The molecule has 1 aromatic carbocycles. The number of hydrogen-bond acceptors (Lipinski definition) is 3. The zero-order valence-electron chi connectivity index (χ0n) is 9.48. The molecule has 2 unspecified atom stereocenters. The largest absolute Gasteiger partial charge is 0.326 e. The van der Waals surface area contributed by atoms with E-state index in [9.17, 15) is 12.8 Å². The summed E-state index contributed by atoms with van der Waals surface area (Å²) in [6, 6.07) is 3.93. The summed E-state index contributed by atoms with van der Waals surface area (Å²) in [5, 5.41) is 0. The minimum atomic E-state index is -3.67. The second-order valence-electron chi connectivity index (χ2n) is 4.36. The lowest BCUT2D eigenvalue weighted by atomic mass is 10.2. The predicted octanol–water partition coefficient (Wildman–Crippen LogP) is 0.971. The van der Waals surface area contributed by atoms with E-state index in [2.05, 4.69) is 4.72 Å². The summed E-state index contributed by atoms with van der Waals surface area (Å²) in [4.78, 5) is -0.0564. The highest BCUT2D eigenvalue weighted by Crippen LogP contribution is 2.31. The van der Waals surface area contributed by atoms with Crippen LogP contribution in [0.5, 0.6) is 0 Å². The average molecular weight is 258 g/mol. The predicted molar refractivity (Wildman–Crippen MR) is 62.2 cm³/mol. The van der Waals surface area contributed by atoms with Crippen LogP contribution in [0.4, 0.5) is 4.39 Å². The standard InChI is InChI=1S/C11H15FN2O2S/c1-7-5-10(7)14-17(15,16)11-4-2-3-9(12)8(11)6-13/h2-4,7,10,14H,5-6,13H2,1H3. The van der Waals surface area contributed by atoms with Crippen LogP contribution in [0.3, 0.4) is 0 Å². The Hall–Kier alpha value is -0.980. The van der Waals surface area contributed by atoms with E-state index in [0.717, 1.165) is 6.42 Å². The SMILES string of the molecule is CC1CC1NS(=O)(=O)c1cccc(F)c1CN. The van der Waals surface area contributed by atoms with Gasteiger partial charge in [0.25, 0.3) is 0 Å². The van der Waals surface area contributed by atoms with Crippen molar-refractivity contribution in [2.24, 2.45) is 11.7 Å². The summed E-state index contributed by atoms with van der Waals surface area (Å²) >= 11 is 0. The number of sulfonamides is 1. The van der Waals surface area contributed by atoms with Crippen LogP contribution < -0.4 is 10.5 Å². The molecule has 94 valence electrons. The Kier molecular flexibility index (Phi) is 3.20. The van der Waals surface area contributed by atoms with Gasteiger partial charge >= 0.3 is 0 Å². The van der Waals surface area contributed by atoms with Crippen molar-refractivity contribution in [2.45, 2.75) is 30.8 Å². The van der Waals surface area contributed by atoms with Crippen LogP contribution in [0.15, 0.2) is 23.1 Å². The lowest BCUT2D eigenvalue weighted by Gasteiger charge is -2.10. The maximum absolute atomic E-state index is 13.4. The van der Waals surface area contributed by atoms with Gasteiger partial charge in [0, 0.05) is 18.2 Å². The van der Waals surface area contributed by atoms with Crippen molar-refractivity contribution in [2.75, 3.05) is 0 Å². The van der Waals surface area contributed by atoms with E-state index in [1.165, 1.54) is 18.2 Å². The van der Waals surface area contributed by atoms with Gasteiger partial charge in [-0.25, -0.2) is 17.5 Å². The van der Waals surface area contributed by atoms with E-state index in [1.54, 1.807) is 0 Å². The summed E-state index contributed by atoms with van der Waals surface area (Å²) in [5.74, 6) is -0.237. The number of halogens is 1. The normalized spacial score (nSPS) is 23.7. The van der Waals surface area contributed by atoms with Gasteiger partial charge in [0.1, 0.15) is 5.82 Å². The molecule has 0 saturated heterocycles. The maximum atomic E-state index is 13.4. The highest BCUT2D eigenvalue weighted by atomic mass is 32.2. The fourth-order valence-electron chi connectivity index (χ4n) is 1.74. The zero-order chi connectivity index (χ0) is 12.6. The molecule has 0 heterocycles. The first-order chi connectivity index (χ1) is 7.95. The molecule has 6 heteroatoms. The Morgan fingerprint density at radius 3 is 2.71 bits per heavy atom. The molecule has 17 heavy (non-hydrogen) atoms. The van der Waals surface area contributed by atoms with E-state index in [1.807, 2.05) is 6.92 Å². The molecule has 0 spiro atoms. The molecule has 0 radical (unpaired) electrons. The van der Waals surface area contributed by atoms with Gasteiger partial charge in [0.2, 0.25) is 10.0 Å². The third-order valence-corrected chi connectivity index (χ3v) is 4.56. The van der Waals surface area contributed by atoms with Gasteiger partial charge in [-0.05, 0) is 24.5 Å². The maximum Gasteiger partial charge on any atom is 0.241 e. The molecular weight excluding hydrogens is 243 g/mol. The van der Waals surface area contributed by atoms with Crippen LogP contribution in [-0.4, -0.2) is 14.5 Å². The molecule has 0 bridgehead atoms. The van der Waals surface area contributed by atoms with Crippen molar-refractivity contribution >= 4 is 10.0 Å². The van der Waals surface area contributed by atoms with Crippen molar-refractivity contribution in [3.05, 3.63) is 29.6 Å². The molecule has 2 atom stereocenters. The molecule has 1 aliphatic carbocycles. The Labute approximate surface area is 100 Å². The van der Waals surface area contributed by atoms with E-state index < -0.39 is 15.8 Å². The van der Waals surface area contributed by atoms with Crippen LogP contribution in [0, 0.1) is 11.7 Å². The molecule has 1 aliphatic rings. The Morgan fingerprint density at radius 2 is 2.18 bits per heavy atom. The van der Waals surface area contributed by atoms with Gasteiger partial charge in [-0.3, -0.25) is 0 Å². The number of benzene rings is 1. The van der Waals surface area contributed by atoms with E-state index in [4.69, 9.17) is 5.73 Å². The van der Waals surface area contributed by atoms with Gasteiger partial charge in [0.15, 0.2) is 0 Å². The zero-order valence-corrected chi connectivity index (χ0v) is 10.3. The molecule has 1 saturated carbocycles. The van der Waals surface area contributed by atoms with Crippen LogP contribution in [0.1, 0.15) is 18.9 Å². The van der Waals surface area contributed by atoms with Crippen molar-refractivity contribution in [1.29, 1.82) is 0 Å². The molecule has 4 nitrogen and oxygen atoms in total. The lowest BCUT2D eigenvalue weighted by Crippen LogP contribution is -2.28. The van der Waals surface area contributed by atoms with Crippen molar-refractivity contribution < 1.29 is 12.8 Å². The third kappa shape index (κ3) is 2.48. The fraction of sp³-hybridized carbons (Fsp3) is 0.455. The quantitative estimate of drug-likeness (QED) is 0.845. The molecule has 0 amide bonds. The topological polar surface area (TPSA) is 72.2 Å². The molecule has 1 fully saturated rings. The summed E-state index contributed by atoms with van der Waals surface area (Å²) in [6.45, 7) is 1.83.